The third-order valence-corrected chi connectivity index (χ3v) is 8.06. The number of rotatable bonds is 4. The largest absolute Gasteiger partial charge is 0.310 e. The third kappa shape index (κ3) is 4.10. The summed E-state index contributed by atoms with van der Waals surface area (Å²) >= 11 is 0. The lowest BCUT2D eigenvalue weighted by Crippen LogP contribution is -2.30. The summed E-state index contributed by atoms with van der Waals surface area (Å²) in [6.45, 7) is 4.65. The number of benzene rings is 5. The van der Waals surface area contributed by atoms with E-state index >= 15 is 0 Å². The van der Waals surface area contributed by atoms with Gasteiger partial charge in [-0.15, -0.1) is 0 Å². The maximum absolute atomic E-state index is 5.05. The zero-order valence-corrected chi connectivity index (χ0v) is 22.8. The quantitative estimate of drug-likeness (QED) is 0.233. The Labute approximate surface area is 236 Å². The van der Waals surface area contributed by atoms with Crippen molar-refractivity contribution < 1.29 is 0 Å². The zero-order chi connectivity index (χ0) is 27.1. The average molecular weight is 515 g/mol. The van der Waals surface area contributed by atoms with Crippen LogP contribution in [0.25, 0.3) is 33.6 Å². The Morgan fingerprint density at radius 2 is 0.900 bits per heavy atom. The van der Waals surface area contributed by atoms with Gasteiger partial charge in [-0.3, -0.25) is 0 Å². The van der Waals surface area contributed by atoms with Crippen LogP contribution in [0.2, 0.25) is 0 Å². The molecule has 0 fully saturated rings. The first-order valence-electron chi connectivity index (χ1n) is 13.8. The molecule has 1 aliphatic rings. The van der Waals surface area contributed by atoms with Crippen molar-refractivity contribution in [3.05, 3.63) is 157 Å². The van der Waals surface area contributed by atoms with Crippen LogP contribution >= 0.6 is 0 Å². The van der Waals surface area contributed by atoms with Gasteiger partial charge in [0.25, 0.3) is 0 Å². The standard InChI is InChI=1S/C38H30N2/c1-38(2)32-17-9-11-19-36(32)40(37-20-12-10-18-33(37)38)31-23-21-27(22-24-31)30-25-34(28-13-5-3-6-14-28)39-35(26-30)29-15-7-4-8-16-29/h3-26H,1-2H3. The summed E-state index contributed by atoms with van der Waals surface area (Å²) in [7, 11) is 0. The molecule has 0 bridgehead atoms. The van der Waals surface area contributed by atoms with E-state index in [1.54, 1.807) is 0 Å². The van der Waals surface area contributed by atoms with Crippen molar-refractivity contribution in [1.29, 1.82) is 0 Å². The van der Waals surface area contributed by atoms with Crippen molar-refractivity contribution in [3.8, 4) is 33.6 Å². The highest BCUT2D eigenvalue weighted by atomic mass is 15.2. The van der Waals surface area contributed by atoms with Gasteiger partial charge in [0.15, 0.2) is 0 Å². The molecule has 0 N–H and O–H groups in total. The number of para-hydroxylation sites is 2. The molecule has 192 valence electrons. The highest BCUT2D eigenvalue weighted by Gasteiger charge is 2.36. The molecule has 0 radical (unpaired) electrons. The van der Waals surface area contributed by atoms with Crippen LogP contribution in [0.15, 0.2) is 146 Å². The van der Waals surface area contributed by atoms with Gasteiger partial charge < -0.3 is 4.90 Å². The molecular weight excluding hydrogens is 484 g/mol. The Bertz CT molecular complexity index is 1700. The molecule has 0 saturated carbocycles. The molecule has 6 aromatic rings. The molecular formula is C38H30N2. The van der Waals surface area contributed by atoms with Crippen molar-refractivity contribution in [2.75, 3.05) is 4.90 Å². The summed E-state index contributed by atoms with van der Waals surface area (Å²) in [6, 6.07) is 51.8. The maximum Gasteiger partial charge on any atom is 0.0715 e. The van der Waals surface area contributed by atoms with Crippen LogP contribution in [0.1, 0.15) is 25.0 Å². The van der Waals surface area contributed by atoms with Crippen LogP contribution in [-0.4, -0.2) is 4.98 Å². The average Bonchev–Trinajstić information content (AvgIpc) is 3.02. The molecule has 2 heteroatoms. The van der Waals surface area contributed by atoms with Crippen molar-refractivity contribution in [3.63, 3.8) is 0 Å². The highest BCUT2D eigenvalue weighted by molar-refractivity contribution is 5.87. The summed E-state index contributed by atoms with van der Waals surface area (Å²) in [4.78, 5) is 7.45. The summed E-state index contributed by atoms with van der Waals surface area (Å²) in [5.41, 5.74) is 12.7. The molecule has 40 heavy (non-hydrogen) atoms. The van der Waals surface area contributed by atoms with Gasteiger partial charge in [0, 0.05) is 22.2 Å². The minimum atomic E-state index is -0.0671. The van der Waals surface area contributed by atoms with E-state index in [-0.39, 0.29) is 5.41 Å². The van der Waals surface area contributed by atoms with Gasteiger partial charge in [-0.25, -0.2) is 4.98 Å². The number of aromatic nitrogens is 1. The van der Waals surface area contributed by atoms with Crippen molar-refractivity contribution in [2.45, 2.75) is 19.3 Å². The fraction of sp³-hybridized carbons (Fsp3) is 0.0789. The van der Waals surface area contributed by atoms with Gasteiger partial charge in [-0.1, -0.05) is 123 Å². The van der Waals surface area contributed by atoms with Crippen molar-refractivity contribution >= 4 is 17.1 Å². The maximum atomic E-state index is 5.05. The van der Waals surface area contributed by atoms with Gasteiger partial charge in [-0.2, -0.15) is 0 Å². The van der Waals surface area contributed by atoms with Gasteiger partial charge in [0.2, 0.25) is 0 Å². The number of anilines is 3. The van der Waals surface area contributed by atoms with Crippen molar-refractivity contribution in [2.24, 2.45) is 0 Å². The minimum absolute atomic E-state index is 0.0671. The van der Waals surface area contributed by atoms with Crippen LogP contribution in [0.3, 0.4) is 0 Å². The molecule has 1 aromatic heterocycles. The van der Waals surface area contributed by atoms with E-state index in [9.17, 15) is 0 Å². The van der Waals surface area contributed by atoms with Gasteiger partial charge in [0.05, 0.1) is 22.8 Å². The van der Waals surface area contributed by atoms with Gasteiger partial charge in [-0.05, 0) is 58.7 Å². The molecule has 0 saturated heterocycles. The Morgan fingerprint density at radius 3 is 1.40 bits per heavy atom. The fourth-order valence-electron chi connectivity index (χ4n) is 5.96. The monoisotopic (exact) mass is 514 g/mol. The lowest BCUT2D eigenvalue weighted by atomic mass is 9.73. The molecule has 2 heterocycles. The Balaban J connectivity index is 1.34. The van der Waals surface area contributed by atoms with Gasteiger partial charge in [0.1, 0.15) is 0 Å². The second-order valence-corrected chi connectivity index (χ2v) is 10.9. The van der Waals surface area contributed by atoms with Crippen molar-refractivity contribution in [1.82, 2.24) is 4.98 Å². The third-order valence-electron chi connectivity index (χ3n) is 8.06. The second-order valence-electron chi connectivity index (χ2n) is 10.9. The SMILES string of the molecule is CC1(C)c2ccccc2N(c2ccc(-c3cc(-c4ccccc4)nc(-c4ccccc4)c3)cc2)c2ccccc21. The Kier molecular flexibility index (Phi) is 5.82. The molecule has 2 nitrogen and oxygen atoms in total. The number of pyridine rings is 1. The van der Waals surface area contributed by atoms with E-state index in [2.05, 4.69) is 152 Å². The second kappa shape index (κ2) is 9.66. The number of nitrogens with zero attached hydrogens (tertiary/aromatic N) is 2. The lowest BCUT2D eigenvalue weighted by molar-refractivity contribution is 0.632. The van der Waals surface area contributed by atoms with E-state index < -0.39 is 0 Å². The van der Waals surface area contributed by atoms with E-state index in [0.717, 1.165) is 33.8 Å². The Hall–Kier alpha value is -4.95. The van der Waals surface area contributed by atoms with E-state index in [1.165, 1.54) is 28.1 Å². The molecule has 0 amide bonds. The summed E-state index contributed by atoms with van der Waals surface area (Å²) in [5.74, 6) is 0. The normalized spacial score (nSPS) is 13.4. The smallest absolute Gasteiger partial charge is 0.0715 e. The number of hydrogen-bond donors (Lipinski definition) is 0. The van der Waals surface area contributed by atoms with Crippen LogP contribution in [0, 0.1) is 0 Å². The van der Waals surface area contributed by atoms with Crippen LogP contribution in [0.4, 0.5) is 17.1 Å². The molecule has 1 aliphatic heterocycles. The predicted octanol–water partition coefficient (Wildman–Crippen LogP) is 10.2. The molecule has 0 atom stereocenters. The number of hydrogen-bond acceptors (Lipinski definition) is 2. The molecule has 5 aromatic carbocycles. The zero-order valence-electron chi connectivity index (χ0n) is 22.8. The summed E-state index contributed by atoms with van der Waals surface area (Å²) < 4.78 is 0. The summed E-state index contributed by atoms with van der Waals surface area (Å²) in [5, 5.41) is 0. The Morgan fingerprint density at radius 1 is 0.450 bits per heavy atom. The summed E-state index contributed by atoms with van der Waals surface area (Å²) in [6.07, 6.45) is 0. The minimum Gasteiger partial charge on any atom is -0.310 e. The first-order valence-corrected chi connectivity index (χ1v) is 13.8. The highest BCUT2D eigenvalue weighted by Crippen LogP contribution is 2.51. The fourth-order valence-corrected chi connectivity index (χ4v) is 5.96. The molecule has 7 rings (SSSR count). The molecule has 0 unspecified atom stereocenters. The first-order chi connectivity index (χ1) is 19.6. The molecule has 0 aliphatic carbocycles. The molecule has 0 spiro atoms. The predicted molar refractivity (Wildman–Crippen MR) is 167 cm³/mol. The van der Waals surface area contributed by atoms with Crippen LogP contribution in [0.5, 0.6) is 0 Å². The van der Waals surface area contributed by atoms with E-state index in [4.69, 9.17) is 4.98 Å². The van der Waals surface area contributed by atoms with E-state index in [0.29, 0.717) is 0 Å². The first kappa shape index (κ1) is 24.1. The number of fused-ring (bicyclic) bond motifs is 2. The van der Waals surface area contributed by atoms with E-state index in [1.807, 2.05) is 12.1 Å². The van der Waals surface area contributed by atoms with Crippen LogP contribution < -0.4 is 4.90 Å². The topological polar surface area (TPSA) is 16.1 Å². The lowest BCUT2D eigenvalue weighted by Gasteiger charge is -2.42. The van der Waals surface area contributed by atoms with Crippen LogP contribution in [-0.2, 0) is 5.41 Å². The van der Waals surface area contributed by atoms with Gasteiger partial charge >= 0.3 is 0 Å².